The average Bonchev–Trinajstić information content (AvgIpc) is 3.25. The Morgan fingerprint density at radius 2 is 1.73 bits per heavy atom. The SMILES string of the molecule is CCCN(CCC)C(=O)CCCSc1nnc(-c2ccc(C)cc2)n1-c1ccccc1OC. The number of hydrogen-bond donors (Lipinski definition) is 0. The molecule has 3 aromatic rings. The number of hydrogen-bond acceptors (Lipinski definition) is 5. The topological polar surface area (TPSA) is 60.2 Å². The van der Waals surface area contributed by atoms with E-state index >= 15 is 0 Å². The van der Waals surface area contributed by atoms with Gasteiger partial charge in [-0.2, -0.15) is 0 Å². The molecule has 0 radical (unpaired) electrons. The number of benzene rings is 2. The van der Waals surface area contributed by atoms with Crippen molar-refractivity contribution >= 4 is 17.7 Å². The summed E-state index contributed by atoms with van der Waals surface area (Å²) in [6.07, 6.45) is 3.33. The number of aromatic nitrogens is 3. The van der Waals surface area contributed by atoms with Gasteiger partial charge in [-0.1, -0.05) is 67.6 Å². The first kappa shape index (κ1) is 24.8. The van der Waals surface area contributed by atoms with Crippen LogP contribution in [0.4, 0.5) is 0 Å². The summed E-state index contributed by atoms with van der Waals surface area (Å²) in [7, 11) is 1.67. The summed E-state index contributed by atoms with van der Waals surface area (Å²) >= 11 is 1.62. The van der Waals surface area contributed by atoms with Crippen molar-refractivity contribution in [1.29, 1.82) is 0 Å². The highest BCUT2D eigenvalue weighted by Crippen LogP contribution is 2.32. The lowest BCUT2D eigenvalue weighted by atomic mass is 10.1. The molecule has 1 heterocycles. The number of ether oxygens (including phenoxy) is 1. The van der Waals surface area contributed by atoms with Crippen LogP contribution in [0.15, 0.2) is 53.7 Å². The maximum Gasteiger partial charge on any atom is 0.222 e. The van der Waals surface area contributed by atoms with Gasteiger partial charge in [-0.25, -0.2) is 0 Å². The lowest BCUT2D eigenvalue weighted by molar-refractivity contribution is -0.131. The summed E-state index contributed by atoms with van der Waals surface area (Å²) in [5.41, 5.74) is 3.09. The van der Waals surface area contributed by atoms with Gasteiger partial charge >= 0.3 is 0 Å². The molecule has 0 saturated heterocycles. The van der Waals surface area contributed by atoms with Crippen LogP contribution in [-0.4, -0.2) is 51.5 Å². The molecule has 6 nitrogen and oxygen atoms in total. The molecule has 0 atom stereocenters. The molecule has 0 aliphatic rings. The second kappa shape index (κ2) is 12.4. The van der Waals surface area contributed by atoms with Crippen molar-refractivity contribution in [2.24, 2.45) is 0 Å². The fourth-order valence-corrected chi connectivity index (χ4v) is 4.61. The molecule has 0 fully saturated rings. The summed E-state index contributed by atoms with van der Waals surface area (Å²) in [6.45, 7) is 7.97. The average molecular weight is 467 g/mol. The number of thioether (sulfide) groups is 1. The molecule has 0 bridgehead atoms. The van der Waals surface area contributed by atoms with Gasteiger partial charge < -0.3 is 9.64 Å². The van der Waals surface area contributed by atoms with Crippen LogP contribution in [0.5, 0.6) is 5.75 Å². The van der Waals surface area contributed by atoms with Gasteiger partial charge in [-0.15, -0.1) is 10.2 Å². The molecule has 7 heteroatoms. The van der Waals surface area contributed by atoms with E-state index in [2.05, 4.69) is 59.8 Å². The number of carbonyl (C=O) groups excluding carboxylic acids is 1. The minimum absolute atomic E-state index is 0.242. The Bertz CT molecular complexity index is 1030. The summed E-state index contributed by atoms with van der Waals surface area (Å²) < 4.78 is 7.68. The Balaban J connectivity index is 1.79. The highest BCUT2D eigenvalue weighted by Gasteiger charge is 2.19. The third kappa shape index (κ3) is 6.38. The van der Waals surface area contributed by atoms with E-state index in [0.29, 0.717) is 6.42 Å². The molecule has 0 unspecified atom stereocenters. The second-order valence-corrected chi connectivity index (χ2v) is 9.07. The molecule has 3 rings (SSSR count). The fourth-order valence-electron chi connectivity index (χ4n) is 3.73. The Hall–Kier alpha value is -2.80. The number of carbonyl (C=O) groups is 1. The predicted molar refractivity (Wildman–Crippen MR) is 135 cm³/mol. The van der Waals surface area contributed by atoms with E-state index in [0.717, 1.165) is 66.1 Å². The monoisotopic (exact) mass is 466 g/mol. The number of rotatable bonds is 12. The number of methoxy groups -OCH3 is 1. The maximum atomic E-state index is 12.6. The third-order valence-corrected chi connectivity index (χ3v) is 6.39. The smallest absolute Gasteiger partial charge is 0.222 e. The quantitative estimate of drug-likeness (QED) is 0.250. The lowest BCUT2D eigenvalue weighted by Crippen LogP contribution is -2.32. The molecule has 0 aliphatic carbocycles. The van der Waals surface area contributed by atoms with Gasteiger partial charge in [0.05, 0.1) is 12.8 Å². The van der Waals surface area contributed by atoms with Crippen molar-refractivity contribution in [3.05, 3.63) is 54.1 Å². The van der Waals surface area contributed by atoms with Crippen LogP contribution in [0.1, 0.15) is 45.1 Å². The largest absolute Gasteiger partial charge is 0.495 e. The number of para-hydroxylation sites is 2. The molecule has 0 spiro atoms. The zero-order chi connectivity index (χ0) is 23.6. The Morgan fingerprint density at radius 1 is 1.03 bits per heavy atom. The van der Waals surface area contributed by atoms with E-state index in [9.17, 15) is 4.79 Å². The molecule has 2 aromatic carbocycles. The van der Waals surface area contributed by atoms with Gasteiger partial charge in [0, 0.05) is 30.8 Å². The summed E-state index contributed by atoms with van der Waals surface area (Å²) in [4.78, 5) is 14.6. The van der Waals surface area contributed by atoms with E-state index in [-0.39, 0.29) is 5.91 Å². The van der Waals surface area contributed by atoms with Crippen molar-refractivity contribution < 1.29 is 9.53 Å². The zero-order valence-electron chi connectivity index (χ0n) is 20.1. The highest BCUT2D eigenvalue weighted by molar-refractivity contribution is 7.99. The first-order chi connectivity index (χ1) is 16.1. The van der Waals surface area contributed by atoms with E-state index < -0.39 is 0 Å². The third-order valence-electron chi connectivity index (χ3n) is 5.38. The molecular formula is C26H34N4O2S. The van der Waals surface area contributed by atoms with E-state index in [1.807, 2.05) is 29.2 Å². The van der Waals surface area contributed by atoms with Gasteiger partial charge in [0.2, 0.25) is 5.91 Å². The molecule has 176 valence electrons. The molecule has 0 aliphatic heterocycles. The number of aryl methyl sites for hydroxylation is 1. The summed E-state index contributed by atoms with van der Waals surface area (Å²) in [5.74, 6) is 2.57. The molecule has 1 aromatic heterocycles. The van der Waals surface area contributed by atoms with Crippen LogP contribution in [0.3, 0.4) is 0 Å². The Kier molecular flexibility index (Phi) is 9.36. The van der Waals surface area contributed by atoms with Crippen LogP contribution in [0, 0.1) is 6.92 Å². The van der Waals surface area contributed by atoms with Crippen molar-refractivity contribution in [2.75, 3.05) is 26.0 Å². The molecule has 1 amide bonds. The molecule has 33 heavy (non-hydrogen) atoms. The first-order valence-electron chi connectivity index (χ1n) is 11.6. The predicted octanol–water partition coefficient (Wildman–Crippen LogP) is 5.77. The minimum atomic E-state index is 0.242. The van der Waals surface area contributed by atoms with Crippen LogP contribution < -0.4 is 4.74 Å². The maximum absolute atomic E-state index is 12.6. The number of amides is 1. The summed E-state index contributed by atoms with van der Waals surface area (Å²) in [5, 5.41) is 9.82. The number of nitrogens with zero attached hydrogens (tertiary/aromatic N) is 4. The molecule has 0 saturated carbocycles. The normalized spacial score (nSPS) is 10.9. The van der Waals surface area contributed by atoms with Crippen molar-refractivity contribution in [3.63, 3.8) is 0 Å². The van der Waals surface area contributed by atoms with Crippen LogP contribution in [0.25, 0.3) is 17.1 Å². The van der Waals surface area contributed by atoms with E-state index in [4.69, 9.17) is 4.74 Å². The van der Waals surface area contributed by atoms with Crippen molar-refractivity contribution in [1.82, 2.24) is 19.7 Å². The van der Waals surface area contributed by atoms with Crippen molar-refractivity contribution in [2.45, 2.75) is 51.6 Å². The van der Waals surface area contributed by atoms with Gasteiger partial charge in [-0.3, -0.25) is 9.36 Å². The van der Waals surface area contributed by atoms with Crippen LogP contribution >= 0.6 is 11.8 Å². The Labute approximate surface area is 201 Å². The van der Waals surface area contributed by atoms with E-state index in [1.54, 1.807) is 18.9 Å². The summed E-state index contributed by atoms with van der Waals surface area (Å²) in [6, 6.07) is 16.2. The van der Waals surface area contributed by atoms with E-state index in [1.165, 1.54) is 5.56 Å². The standard InChI is InChI=1S/C26H34N4O2S/c1-5-17-29(18-6-2)24(31)12-9-19-33-26-28-27-25(21-15-13-20(3)14-16-21)30(26)22-10-7-8-11-23(22)32-4/h7-8,10-11,13-16H,5-6,9,12,17-19H2,1-4H3. The second-order valence-electron chi connectivity index (χ2n) is 8.01. The van der Waals surface area contributed by atoms with Gasteiger partial charge in [-0.05, 0) is 38.3 Å². The minimum Gasteiger partial charge on any atom is -0.495 e. The van der Waals surface area contributed by atoms with Gasteiger partial charge in [0.1, 0.15) is 5.75 Å². The van der Waals surface area contributed by atoms with Crippen LogP contribution in [0.2, 0.25) is 0 Å². The lowest BCUT2D eigenvalue weighted by Gasteiger charge is -2.21. The molecule has 0 N–H and O–H groups in total. The van der Waals surface area contributed by atoms with Gasteiger partial charge in [0.15, 0.2) is 11.0 Å². The highest BCUT2D eigenvalue weighted by atomic mass is 32.2. The Morgan fingerprint density at radius 3 is 2.39 bits per heavy atom. The van der Waals surface area contributed by atoms with Crippen molar-refractivity contribution in [3.8, 4) is 22.8 Å². The first-order valence-corrected chi connectivity index (χ1v) is 12.6. The fraction of sp³-hybridized carbons (Fsp3) is 0.423. The zero-order valence-corrected chi connectivity index (χ0v) is 20.9. The molecular weight excluding hydrogens is 432 g/mol. The van der Waals surface area contributed by atoms with Gasteiger partial charge in [0.25, 0.3) is 0 Å². The van der Waals surface area contributed by atoms with Crippen LogP contribution in [-0.2, 0) is 4.79 Å².